The Kier molecular flexibility index (Phi) is 3.00. The molecule has 2 rings (SSSR count). The maximum absolute atomic E-state index is 10.9. The minimum atomic E-state index is -0.466. The van der Waals surface area contributed by atoms with Crippen LogP contribution in [-0.4, -0.2) is 30.1 Å². The fraction of sp³-hybridized carbons (Fsp3) is 0.250. The molecule has 0 saturated heterocycles. The molecule has 2 heterocycles. The summed E-state index contributed by atoms with van der Waals surface area (Å²) in [7, 11) is 1.66. The molecule has 8 nitrogen and oxygen atoms in total. The van der Waals surface area contributed by atoms with Gasteiger partial charge in [-0.2, -0.15) is 0 Å². The average Bonchev–Trinajstić information content (AvgIpc) is 2.67. The molecule has 2 aromatic heterocycles. The van der Waals surface area contributed by atoms with Gasteiger partial charge < -0.3 is 0 Å². The van der Waals surface area contributed by atoms with Gasteiger partial charge in [0.15, 0.2) is 5.03 Å². The molecule has 0 spiro atoms. The highest BCUT2D eigenvalue weighted by molar-refractivity contribution is 7.99. The second-order valence-corrected chi connectivity index (χ2v) is 4.24. The summed E-state index contributed by atoms with van der Waals surface area (Å²) in [5.74, 6) is 0. The molecule has 0 amide bonds. The lowest BCUT2D eigenvalue weighted by Gasteiger charge is -2.01. The van der Waals surface area contributed by atoms with Crippen LogP contribution in [-0.2, 0) is 7.05 Å². The van der Waals surface area contributed by atoms with Crippen molar-refractivity contribution in [1.82, 2.24) is 25.2 Å². The lowest BCUT2D eigenvalue weighted by Crippen LogP contribution is -1.97. The molecule has 0 aliphatic heterocycles. The monoisotopic (exact) mass is 252 g/mol. The van der Waals surface area contributed by atoms with Crippen LogP contribution in [0.3, 0.4) is 0 Å². The zero-order chi connectivity index (χ0) is 12.4. The molecule has 0 fully saturated rings. The van der Waals surface area contributed by atoms with Gasteiger partial charge >= 0.3 is 5.69 Å². The summed E-state index contributed by atoms with van der Waals surface area (Å²) in [5, 5.41) is 22.4. The highest BCUT2D eigenvalue weighted by Gasteiger charge is 2.18. The molecule has 2 aromatic rings. The van der Waals surface area contributed by atoms with E-state index in [4.69, 9.17) is 0 Å². The van der Waals surface area contributed by atoms with E-state index < -0.39 is 4.92 Å². The van der Waals surface area contributed by atoms with Gasteiger partial charge in [-0.05, 0) is 34.7 Å². The van der Waals surface area contributed by atoms with Crippen LogP contribution in [0.1, 0.15) is 5.56 Å². The second kappa shape index (κ2) is 4.45. The van der Waals surface area contributed by atoms with Gasteiger partial charge in [0, 0.05) is 19.3 Å². The van der Waals surface area contributed by atoms with E-state index in [2.05, 4.69) is 20.5 Å². The zero-order valence-electron chi connectivity index (χ0n) is 9.06. The van der Waals surface area contributed by atoms with Crippen LogP contribution < -0.4 is 0 Å². The Labute approximate surface area is 100 Å². The maximum Gasteiger partial charge on any atom is 0.302 e. The van der Waals surface area contributed by atoms with Crippen molar-refractivity contribution in [2.45, 2.75) is 17.1 Å². The van der Waals surface area contributed by atoms with E-state index in [-0.39, 0.29) is 10.7 Å². The Balaban J connectivity index is 2.39. The van der Waals surface area contributed by atoms with Gasteiger partial charge in [-0.1, -0.05) is 0 Å². The zero-order valence-corrected chi connectivity index (χ0v) is 9.88. The Hall–Kier alpha value is -2.03. The Morgan fingerprint density at radius 3 is 2.88 bits per heavy atom. The van der Waals surface area contributed by atoms with E-state index >= 15 is 0 Å². The van der Waals surface area contributed by atoms with Crippen molar-refractivity contribution in [2.24, 2.45) is 7.05 Å². The number of rotatable bonds is 3. The minimum absolute atomic E-state index is 0.0435. The highest BCUT2D eigenvalue weighted by atomic mass is 32.2. The second-order valence-electron chi connectivity index (χ2n) is 3.28. The topological polar surface area (TPSA) is 99.6 Å². The van der Waals surface area contributed by atoms with Crippen LogP contribution in [0.4, 0.5) is 5.69 Å². The lowest BCUT2D eigenvalue weighted by atomic mass is 10.3. The van der Waals surface area contributed by atoms with Gasteiger partial charge in [-0.3, -0.25) is 10.1 Å². The van der Waals surface area contributed by atoms with Gasteiger partial charge in [0.25, 0.3) is 0 Å². The number of aryl methyl sites for hydroxylation is 2. The molecule has 17 heavy (non-hydrogen) atoms. The van der Waals surface area contributed by atoms with Gasteiger partial charge in [0.1, 0.15) is 0 Å². The van der Waals surface area contributed by atoms with Crippen molar-refractivity contribution in [1.29, 1.82) is 0 Å². The van der Waals surface area contributed by atoms with Crippen molar-refractivity contribution in [2.75, 3.05) is 0 Å². The third kappa shape index (κ3) is 2.38. The Morgan fingerprint density at radius 2 is 2.29 bits per heavy atom. The number of aromatic nitrogens is 5. The average molecular weight is 252 g/mol. The number of nitrogens with zero attached hydrogens (tertiary/aromatic N) is 6. The lowest BCUT2D eigenvalue weighted by molar-refractivity contribution is -0.388. The molecule has 0 N–H and O–H groups in total. The Bertz CT molecular complexity index is 569. The molecule has 0 aliphatic carbocycles. The van der Waals surface area contributed by atoms with E-state index in [9.17, 15) is 10.1 Å². The minimum Gasteiger partial charge on any atom is -0.258 e. The van der Waals surface area contributed by atoms with Gasteiger partial charge in [0.05, 0.1) is 4.92 Å². The third-order valence-electron chi connectivity index (χ3n) is 1.93. The van der Waals surface area contributed by atoms with Crippen molar-refractivity contribution < 1.29 is 4.92 Å². The molecule has 88 valence electrons. The SMILES string of the molecule is Cc1cnc(Sc2nnnn2C)c([N+](=O)[O-])c1. The van der Waals surface area contributed by atoms with Crippen LogP contribution in [0.25, 0.3) is 0 Å². The van der Waals surface area contributed by atoms with E-state index in [1.54, 1.807) is 20.2 Å². The van der Waals surface area contributed by atoms with Gasteiger partial charge in [-0.25, -0.2) is 9.67 Å². The van der Waals surface area contributed by atoms with Crippen LogP contribution in [0.15, 0.2) is 22.4 Å². The van der Waals surface area contributed by atoms with Crippen molar-refractivity contribution in [3.8, 4) is 0 Å². The van der Waals surface area contributed by atoms with Gasteiger partial charge in [-0.15, -0.1) is 5.10 Å². The van der Waals surface area contributed by atoms with Crippen LogP contribution in [0, 0.1) is 17.0 Å². The van der Waals surface area contributed by atoms with E-state index in [1.165, 1.54) is 10.7 Å². The van der Waals surface area contributed by atoms with Crippen LogP contribution >= 0.6 is 11.8 Å². The molecule has 0 aromatic carbocycles. The molecule has 0 bridgehead atoms. The summed E-state index contributed by atoms with van der Waals surface area (Å²) in [5.41, 5.74) is 0.690. The summed E-state index contributed by atoms with van der Waals surface area (Å²) >= 11 is 1.06. The fourth-order valence-electron chi connectivity index (χ4n) is 1.14. The van der Waals surface area contributed by atoms with Crippen molar-refractivity contribution in [3.05, 3.63) is 27.9 Å². The first-order valence-corrected chi connectivity index (χ1v) is 5.41. The number of pyridine rings is 1. The first kappa shape index (κ1) is 11.5. The molecule has 0 saturated carbocycles. The number of nitro groups is 1. The standard InChI is InChI=1S/C8H8N6O2S/c1-5-3-6(14(15)16)7(9-4-5)17-8-10-11-12-13(8)2/h3-4H,1-2H3. The van der Waals surface area contributed by atoms with E-state index in [1.807, 2.05) is 0 Å². The van der Waals surface area contributed by atoms with Crippen LogP contribution in [0.2, 0.25) is 0 Å². The third-order valence-corrected chi connectivity index (χ3v) is 2.97. The van der Waals surface area contributed by atoms with Crippen molar-refractivity contribution >= 4 is 17.4 Å². The normalized spacial score (nSPS) is 10.5. The molecular weight excluding hydrogens is 244 g/mol. The summed E-state index contributed by atoms with van der Waals surface area (Å²) in [6.45, 7) is 1.75. The van der Waals surface area contributed by atoms with E-state index in [0.29, 0.717) is 5.16 Å². The highest BCUT2D eigenvalue weighted by Crippen LogP contribution is 2.31. The maximum atomic E-state index is 10.9. The molecule has 9 heteroatoms. The van der Waals surface area contributed by atoms with E-state index in [0.717, 1.165) is 17.3 Å². The first-order valence-electron chi connectivity index (χ1n) is 4.59. The van der Waals surface area contributed by atoms with Crippen LogP contribution in [0.5, 0.6) is 0 Å². The predicted molar refractivity (Wildman–Crippen MR) is 58.5 cm³/mol. The summed E-state index contributed by atoms with van der Waals surface area (Å²) in [6.07, 6.45) is 1.57. The predicted octanol–water partition coefficient (Wildman–Crippen LogP) is 0.973. The quantitative estimate of drug-likeness (QED) is 0.592. The molecule has 0 atom stereocenters. The Morgan fingerprint density at radius 1 is 1.53 bits per heavy atom. The summed E-state index contributed by atoms with van der Waals surface area (Å²) in [4.78, 5) is 14.4. The molecule has 0 aliphatic rings. The molecule has 0 radical (unpaired) electrons. The molecular formula is C8H8N6O2S. The van der Waals surface area contributed by atoms with Gasteiger partial charge in [0.2, 0.25) is 5.16 Å². The molecule has 0 unspecified atom stereocenters. The number of hydrogen-bond acceptors (Lipinski definition) is 7. The van der Waals surface area contributed by atoms with Crippen molar-refractivity contribution in [3.63, 3.8) is 0 Å². The number of hydrogen-bond donors (Lipinski definition) is 0. The smallest absolute Gasteiger partial charge is 0.258 e. The summed E-state index contributed by atoms with van der Waals surface area (Å²) in [6, 6.07) is 1.47. The summed E-state index contributed by atoms with van der Waals surface area (Å²) < 4.78 is 1.43. The largest absolute Gasteiger partial charge is 0.302 e. The number of tetrazole rings is 1. The fourth-order valence-corrected chi connectivity index (χ4v) is 1.91. The first-order chi connectivity index (χ1) is 8.08.